The third-order valence-electron chi connectivity index (χ3n) is 4.96. The highest BCUT2D eigenvalue weighted by atomic mass is 15.2. The lowest BCUT2D eigenvalue weighted by atomic mass is 10.0. The zero-order valence-corrected chi connectivity index (χ0v) is 15.3. The SMILES string of the molecule is Cc1cnc(-c2ccc(C(C)N3CCCCC3)cc2)nc1N(C)C. The van der Waals surface area contributed by atoms with E-state index in [0.717, 1.165) is 22.8 Å². The lowest BCUT2D eigenvalue weighted by Gasteiger charge is -2.32. The van der Waals surface area contributed by atoms with Crippen molar-refractivity contribution >= 4 is 5.82 Å². The van der Waals surface area contributed by atoms with Crippen molar-refractivity contribution in [2.45, 2.75) is 39.2 Å². The van der Waals surface area contributed by atoms with E-state index in [-0.39, 0.29) is 0 Å². The van der Waals surface area contributed by atoms with Gasteiger partial charge in [-0.15, -0.1) is 0 Å². The number of hydrogen-bond acceptors (Lipinski definition) is 4. The number of anilines is 1. The monoisotopic (exact) mass is 324 g/mol. The molecule has 1 unspecified atom stereocenters. The van der Waals surface area contributed by atoms with Gasteiger partial charge in [-0.1, -0.05) is 30.7 Å². The lowest BCUT2D eigenvalue weighted by Crippen LogP contribution is -2.32. The van der Waals surface area contributed by atoms with E-state index in [2.05, 4.69) is 41.1 Å². The normalized spacial score (nSPS) is 16.8. The third kappa shape index (κ3) is 3.59. The van der Waals surface area contributed by atoms with Crippen LogP contribution in [0.15, 0.2) is 30.5 Å². The fourth-order valence-corrected chi connectivity index (χ4v) is 3.45. The molecule has 0 spiro atoms. The van der Waals surface area contributed by atoms with Gasteiger partial charge < -0.3 is 4.90 Å². The van der Waals surface area contributed by atoms with Gasteiger partial charge >= 0.3 is 0 Å². The Kier molecular flexibility index (Phi) is 5.14. The van der Waals surface area contributed by atoms with E-state index in [0.29, 0.717) is 6.04 Å². The van der Waals surface area contributed by atoms with E-state index in [1.165, 1.54) is 37.9 Å². The third-order valence-corrected chi connectivity index (χ3v) is 4.96. The molecule has 4 nitrogen and oxygen atoms in total. The van der Waals surface area contributed by atoms with Gasteiger partial charge in [0, 0.05) is 37.5 Å². The van der Waals surface area contributed by atoms with E-state index in [9.17, 15) is 0 Å². The van der Waals surface area contributed by atoms with Gasteiger partial charge in [0.05, 0.1) is 0 Å². The first kappa shape index (κ1) is 16.9. The smallest absolute Gasteiger partial charge is 0.161 e. The second-order valence-electron chi connectivity index (χ2n) is 6.99. The molecule has 1 aliphatic rings. The highest BCUT2D eigenvalue weighted by Crippen LogP contribution is 2.26. The number of piperidine rings is 1. The van der Waals surface area contributed by atoms with Gasteiger partial charge in [-0.2, -0.15) is 0 Å². The Balaban J connectivity index is 1.80. The summed E-state index contributed by atoms with van der Waals surface area (Å²) in [5.41, 5.74) is 3.55. The zero-order valence-electron chi connectivity index (χ0n) is 15.3. The second kappa shape index (κ2) is 7.31. The molecule has 2 aromatic rings. The van der Waals surface area contributed by atoms with Crippen LogP contribution in [0.4, 0.5) is 5.82 Å². The summed E-state index contributed by atoms with van der Waals surface area (Å²) in [6.07, 6.45) is 5.93. The summed E-state index contributed by atoms with van der Waals surface area (Å²) >= 11 is 0. The molecular weight excluding hydrogens is 296 g/mol. The van der Waals surface area contributed by atoms with Crippen LogP contribution in [0.1, 0.15) is 43.4 Å². The molecule has 1 aliphatic heterocycles. The molecule has 0 amide bonds. The average Bonchev–Trinajstić information content (AvgIpc) is 2.62. The van der Waals surface area contributed by atoms with Crippen LogP contribution in [0.2, 0.25) is 0 Å². The van der Waals surface area contributed by atoms with E-state index in [4.69, 9.17) is 4.98 Å². The molecule has 1 aromatic carbocycles. The minimum absolute atomic E-state index is 0.482. The van der Waals surface area contributed by atoms with Gasteiger partial charge in [0.2, 0.25) is 0 Å². The summed E-state index contributed by atoms with van der Waals surface area (Å²) in [6, 6.07) is 9.25. The standard InChI is InChI=1S/C20H28N4/c1-15-14-21-19(22-20(15)23(3)4)18-10-8-17(9-11-18)16(2)24-12-6-5-7-13-24/h8-11,14,16H,5-7,12-13H2,1-4H3. The predicted octanol–water partition coefficient (Wildman–Crippen LogP) is 4.06. The number of aromatic nitrogens is 2. The molecule has 1 fully saturated rings. The molecule has 3 rings (SSSR count). The Morgan fingerprint density at radius 1 is 1.04 bits per heavy atom. The molecule has 24 heavy (non-hydrogen) atoms. The van der Waals surface area contributed by atoms with Crippen LogP contribution < -0.4 is 4.90 Å². The number of aryl methyl sites for hydroxylation is 1. The number of likely N-dealkylation sites (tertiary alicyclic amines) is 1. The maximum Gasteiger partial charge on any atom is 0.161 e. The lowest BCUT2D eigenvalue weighted by molar-refractivity contribution is 0.175. The molecule has 0 saturated carbocycles. The average molecular weight is 324 g/mol. The topological polar surface area (TPSA) is 32.3 Å². The minimum Gasteiger partial charge on any atom is -0.362 e. The van der Waals surface area contributed by atoms with Gasteiger partial charge in [-0.25, -0.2) is 9.97 Å². The van der Waals surface area contributed by atoms with Crippen LogP contribution in [-0.2, 0) is 0 Å². The summed E-state index contributed by atoms with van der Waals surface area (Å²) in [4.78, 5) is 13.8. The van der Waals surface area contributed by atoms with Crippen LogP contribution in [0.3, 0.4) is 0 Å². The van der Waals surface area contributed by atoms with Gasteiger partial charge in [-0.3, -0.25) is 4.90 Å². The first-order valence-electron chi connectivity index (χ1n) is 8.91. The number of rotatable bonds is 4. The van der Waals surface area contributed by atoms with E-state index >= 15 is 0 Å². The molecule has 1 atom stereocenters. The van der Waals surface area contributed by atoms with Gasteiger partial charge in [0.15, 0.2) is 5.82 Å². The molecule has 0 radical (unpaired) electrons. The second-order valence-corrected chi connectivity index (χ2v) is 6.99. The van der Waals surface area contributed by atoms with Crippen LogP contribution in [0.5, 0.6) is 0 Å². The van der Waals surface area contributed by atoms with Crippen molar-refractivity contribution in [2.75, 3.05) is 32.1 Å². The molecule has 1 aromatic heterocycles. The van der Waals surface area contributed by atoms with Crippen LogP contribution in [0, 0.1) is 6.92 Å². The van der Waals surface area contributed by atoms with Gasteiger partial charge in [0.25, 0.3) is 0 Å². The molecule has 0 N–H and O–H groups in total. The molecule has 0 bridgehead atoms. The maximum absolute atomic E-state index is 4.71. The van der Waals surface area contributed by atoms with Crippen molar-refractivity contribution in [2.24, 2.45) is 0 Å². The molecule has 4 heteroatoms. The van der Waals surface area contributed by atoms with E-state index in [1.54, 1.807) is 0 Å². The van der Waals surface area contributed by atoms with Crippen molar-refractivity contribution in [3.63, 3.8) is 0 Å². The van der Waals surface area contributed by atoms with E-state index in [1.807, 2.05) is 32.1 Å². The quantitative estimate of drug-likeness (QED) is 0.849. The first-order chi connectivity index (χ1) is 11.6. The fourth-order valence-electron chi connectivity index (χ4n) is 3.45. The predicted molar refractivity (Wildman–Crippen MR) is 100 cm³/mol. The zero-order chi connectivity index (χ0) is 17.1. The maximum atomic E-state index is 4.71. The fraction of sp³-hybridized carbons (Fsp3) is 0.500. The van der Waals surface area contributed by atoms with Crippen LogP contribution in [-0.4, -0.2) is 42.1 Å². The van der Waals surface area contributed by atoms with Crippen molar-refractivity contribution in [1.29, 1.82) is 0 Å². The molecular formula is C20H28N4. The Bertz CT molecular complexity index is 673. The molecule has 2 heterocycles. The van der Waals surface area contributed by atoms with Gasteiger partial charge in [-0.05, 0) is 45.3 Å². The molecule has 1 saturated heterocycles. The van der Waals surface area contributed by atoms with Crippen molar-refractivity contribution in [1.82, 2.24) is 14.9 Å². The highest BCUT2D eigenvalue weighted by molar-refractivity contribution is 5.59. The summed E-state index contributed by atoms with van der Waals surface area (Å²) in [5, 5.41) is 0. The Morgan fingerprint density at radius 2 is 1.71 bits per heavy atom. The summed E-state index contributed by atoms with van der Waals surface area (Å²) in [5.74, 6) is 1.77. The highest BCUT2D eigenvalue weighted by Gasteiger charge is 2.18. The van der Waals surface area contributed by atoms with Crippen LogP contribution >= 0.6 is 0 Å². The number of hydrogen-bond donors (Lipinski definition) is 0. The van der Waals surface area contributed by atoms with Gasteiger partial charge in [0.1, 0.15) is 5.82 Å². The van der Waals surface area contributed by atoms with Crippen molar-refractivity contribution in [3.8, 4) is 11.4 Å². The molecule has 128 valence electrons. The Morgan fingerprint density at radius 3 is 2.33 bits per heavy atom. The summed E-state index contributed by atoms with van der Waals surface area (Å²) < 4.78 is 0. The van der Waals surface area contributed by atoms with Crippen LogP contribution in [0.25, 0.3) is 11.4 Å². The number of benzene rings is 1. The molecule has 0 aliphatic carbocycles. The van der Waals surface area contributed by atoms with Crippen molar-refractivity contribution < 1.29 is 0 Å². The van der Waals surface area contributed by atoms with Crippen molar-refractivity contribution in [3.05, 3.63) is 41.6 Å². The summed E-state index contributed by atoms with van der Waals surface area (Å²) in [7, 11) is 4.03. The Labute approximate surface area is 145 Å². The van der Waals surface area contributed by atoms with E-state index < -0.39 is 0 Å². The largest absolute Gasteiger partial charge is 0.362 e. The first-order valence-corrected chi connectivity index (χ1v) is 8.91. The minimum atomic E-state index is 0.482. The Hall–Kier alpha value is -1.94. The summed E-state index contributed by atoms with van der Waals surface area (Å²) in [6.45, 7) is 6.79. The number of nitrogens with zero attached hydrogens (tertiary/aromatic N) is 4.